The fourth-order valence-electron chi connectivity index (χ4n) is 4.44. The molecule has 6 nitrogen and oxygen atoms in total. The number of pyridine rings is 1. The molecule has 2 saturated heterocycles. The third-order valence-electron chi connectivity index (χ3n) is 6.07. The van der Waals surface area contributed by atoms with Gasteiger partial charge in [-0.25, -0.2) is 4.98 Å². The topological polar surface area (TPSA) is 54.9 Å². The molecule has 2 fully saturated rings. The van der Waals surface area contributed by atoms with E-state index in [1.54, 1.807) is 6.20 Å². The van der Waals surface area contributed by atoms with E-state index in [9.17, 15) is 4.79 Å². The van der Waals surface area contributed by atoms with Crippen LogP contribution in [0.4, 0.5) is 5.82 Å². The molecule has 0 aliphatic carbocycles. The van der Waals surface area contributed by atoms with Crippen LogP contribution in [0.15, 0.2) is 42.6 Å². The van der Waals surface area contributed by atoms with Gasteiger partial charge in [0.15, 0.2) is 5.79 Å². The lowest BCUT2D eigenvalue weighted by Crippen LogP contribution is -2.45. The predicted octanol–water partition coefficient (Wildman–Crippen LogP) is 2.62. The van der Waals surface area contributed by atoms with Crippen LogP contribution in [0.1, 0.15) is 34.3 Å². The lowest BCUT2D eigenvalue weighted by atomic mass is 9.99. The minimum atomic E-state index is -0.398. The van der Waals surface area contributed by atoms with Crippen LogP contribution in [0.3, 0.4) is 0 Å². The molecule has 0 atom stereocenters. The number of fused-ring (bicyclic) bond motifs is 1. The molecule has 146 valence electrons. The Kier molecular flexibility index (Phi) is 4.53. The minimum absolute atomic E-state index is 0.0779. The fourth-order valence-corrected chi connectivity index (χ4v) is 4.44. The molecule has 0 bridgehead atoms. The molecule has 3 aliphatic heterocycles. The largest absolute Gasteiger partial charge is 0.356 e. The Hall–Kier alpha value is -2.44. The number of rotatable bonds is 2. The minimum Gasteiger partial charge on any atom is -0.356 e. The summed E-state index contributed by atoms with van der Waals surface area (Å²) in [5.74, 6) is 0.538. The zero-order valence-electron chi connectivity index (χ0n) is 16.0. The maximum atomic E-state index is 13.1. The summed E-state index contributed by atoms with van der Waals surface area (Å²) in [5, 5.41) is 0. The molecular formula is C22H25N3O3. The molecule has 6 heteroatoms. The summed E-state index contributed by atoms with van der Waals surface area (Å²) in [7, 11) is 0. The van der Waals surface area contributed by atoms with Crippen molar-refractivity contribution in [1.29, 1.82) is 0 Å². The second kappa shape index (κ2) is 7.18. The summed E-state index contributed by atoms with van der Waals surface area (Å²) < 4.78 is 11.6. The van der Waals surface area contributed by atoms with E-state index in [1.807, 2.05) is 23.1 Å². The quantitative estimate of drug-likeness (QED) is 0.803. The van der Waals surface area contributed by atoms with Crippen molar-refractivity contribution in [3.05, 3.63) is 59.3 Å². The first kappa shape index (κ1) is 17.6. The summed E-state index contributed by atoms with van der Waals surface area (Å²) in [6, 6.07) is 12.1. The lowest BCUT2D eigenvalue weighted by molar-refractivity contribution is -0.169. The molecule has 2 aromatic rings. The van der Waals surface area contributed by atoms with E-state index in [4.69, 9.17) is 9.47 Å². The first-order valence-corrected chi connectivity index (χ1v) is 10.1. The smallest absolute Gasteiger partial charge is 0.254 e. The molecule has 5 rings (SSSR count). The van der Waals surface area contributed by atoms with Crippen LogP contribution >= 0.6 is 0 Å². The zero-order valence-corrected chi connectivity index (χ0v) is 16.0. The van der Waals surface area contributed by atoms with Crippen molar-refractivity contribution in [2.24, 2.45) is 0 Å². The summed E-state index contributed by atoms with van der Waals surface area (Å²) >= 11 is 0. The number of benzene rings is 1. The van der Waals surface area contributed by atoms with Crippen LogP contribution < -0.4 is 4.90 Å². The number of amides is 1. The monoisotopic (exact) mass is 379 g/mol. The highest BCUT2D eigenvalue weighted by molar-refractivity contribution is 5.95. The molecule has 4 heterocycles. The van der Waals surface area contributed by atoms with Crippen LogP contribution in [0, 0.1) is 0 Å². The second-order valence-corrected chi connectivity index (χ2v) is 7.74. The van der Waals surface area contributed by atoms with Gasteiger partial charge in [-0.1, -0.05) is 24.3 Å². The van der Waals surface area contributed by atoms with Crippen LogP contribution in [-0.4, -0.2) is 54.4 Å². The number of anilines is 1. The van der Waals surface area contributed by atoms with Gasteiger partial charge in [0.1, 0.15) is 5.82 Å². The second-order valence-electron chi connectivity index (χ2n) is 7.74. The normalized spacial score (nSPS) is 21.0. The Bertz CT molecular complexity index is 869. The van der Waals surface area contributed by atoms with E-state index < -0.39 is 5.79 Å². The van der Waals surface area contributed by atoms with Crippen molar-refractivity contribution in [2.45, 2.75) is 31.6 Å². The number of hydrogen-bond acceptors (Lipinski definition) is 5. The van der Waals surface area contributed by atoms with E-state index in [2.05, 4.69) is 28.1 Å². The Morgan fingerprint density at radius 3 is 2.54 bits per heavy atom. The summed E-state index contributed by atoms with van der Waals surface area (Å²) in [6.07, 6.45) is 4.31. The van der Waals surface area contributed by atoms with E-state index in [1.165, 1.54) is 11.1 Å². The predicted molar refractivity (Wildman–Crippen MR) is 105 cm³/mol. The van der Waals surface area contributed by atoms with Gasteiger partial charge in [0, 0.05) is 50.8 Å². The van der Waals surface area contributed by atoms with E-state index in [0.29, 0.717) is 25.3 Å². The Morgan fingerprint density at radius 1 is 1.00 bits per heavy atom. The Balaban J connectivity index is 1.29. The average molecular weight is 379 g/mol. The third-order valence-corrected chi connectivity index (χ3v) is 6.07. The molecule has 0 N–H and O–H groups in total. The molecule has 1 aromatic heterocycles. The first-order chi connectivity index (χ1) is 13.7. The number of carbonyl (C=O) groups is 1. The molecule has 1 spiro atoms. The Labute approximate surface area is 165 Å². The van der Waals surface area contributed by atoms with Gasteiger partial charge in [-0.15, -0.1) is 0 Å². The number of carbonyl (C=O) groups excluding carboxylic acids is 1. The van der Waals surface area contributed by atoms with Gasteiger partial charge in [-0.2, -0.15) is 0 Å². The first-order valence-electron chi connectivity index (χ1n) is 10.1. The average Bonchev–Trinajstić information content (AvgIpc) is 3.21. The molecular weight excluding hydrogens is 354 g/mol. The van der Waals surface area contributed by atoms with Gasteiger partial charge in [0.05, 0.1) is 13.2 Å². The van der Waals surface area contributed by atoms with E-state index in [-0.39, 0.29) is 5.91 Å². The highest BCUT2D eigenvalue weighted by atomic mass is 16.7. The fraction of sp³-hybridized carbons (Fsp3) is 0.455. The van der Waals surface area contributed by atoms with E-state index >= 15 is 0 Å². The third kappa shape index (κ3) is 3.27. The summed E-state index contributed by atoms with van der Waals surface area (Å²) in [4.78, 5) is 21.8. The van der Waals surface area contributed by atoms with Gasteiger partial charge in [0.25, 0.3) is 5.91 Å². The number of ether oxygens (including phenoxy) is 2. The van der Waals surface area contributed by atoms with Gasteiger partial charge in [0.2, 0.25) is 0 Å². The van der Waals surface area contributed by atoms with Crippen molar-refractivity contribution < 1.29 is 14.3 Å². The van der Waals surface area contributed by atoms with Crippen molar-refractivity contribution in [1.82, 2.24) is 9.88 Å². The number of hydrogen-bond donors (Lipinski definition) is 0. The van der Waals surface area contributed by atoms with Crippen LogP contribution in [0.2, 0.25) is 0 Å². The molecule has 1 aromatic carbocycles. The number of piperidine rings is 1. The van der Waals surface area contributed by atoms with Crippen molar-refractivity contribution in [3.63, 3.8) is 0 Å². The van der Waals surface area contributed by atoms with Gasteiger partial charge in [-0.05, 0) is 29.7 Å². The van der Waals surface area contributed by atoms with Gasteiger partial charge in [-0.3, -0.25) is 4.79 Å². The number of nitrogens with zero attached hydrogens (tertiary/aromatic N) is 3. The maximum absolute atomic E-state index is 13.1. The van der Waals surface area contributed by atoms with Crippen molar-refractivity contribution >= 4 is 11.7 Å². The standard InChI is InChI=1S/C22H25N3O3/c26-21(25-10-6-17-3-1-2-4-19(17)16-25)18-5-9-23-20(15-18)24-11-7-22(8-12-24)27-13-14-28-22/h1-5,9,15H,6-8,10-14,16H2. The van der Waals surface area contributed by atoms with Crippen LogP contribution in [-0.2, 0) is 22.4 Å². The molecule has 0 saturated carbocycles. The molecule has 0 unspecified atom stereocenters. The SMILES string of the molecule is O=C(c1ccnc(N2CCC3(CC2)OCCO3)c1)N1CCc2ccccc2C1. The van der Waals surface area contributed by atoms with Crippen LogP contribution in [0.25, 0.3) is 0 Å². The lowest BCUT2D eigenvalue weighted by Gasteiger charge is -2.38. The van der Waals surface area contributed by atoms with E-state index in [0.717, 1.165) is 44.7 Å². The zero-order chi connectivity index (χ0) is 19.0. The summed E-state index contributed by atoms with van der Waals surface area (Å²) in [5.41, 5.74) is 3.30. The van der Waals surface area contributed by atoms with Crippen molar-refractivity contribution in [3.8, 4) is 0 Å². The summed E-state index contributed by atoms with van der Waals surface area (Å²) in [6.45, 7) is 4.44. The highest BCUT2D eigenvalue weighted by Crippen LogP contribution is 2.33. The molecule has 3 aliphatic rings. The Morgan fingerprint density at radius 2 is 1.75 bits per heavy atom. The molecule has 1 amide bonds. The highest BCUT2D eigenvalue weighted by Gasteiger charge is 2.40. The maximum Gasteiger partial charge on any atom is 0.254 e. The van der Waals surface area contributed by atoms with Gasteiger partial charge >= 0.3 is 0 Å². The van der Waals surface area contributed by atoms with Crippen molar-refractivity contribution in [2.75, 3.05) is 37.7 Å². The van der Waals surface area contributed by atoms with Gasteiger partial charge < -0.3 is 19.3 Å². The molecule has 28 heavy (non-hydrogen) atoms. The number of aromatic nitrogens is 1. The molecule has 0 radical (unpaired) electrons. The van der Waals surface area contributed by atoms with Crippen LogP contribution in [0.5, 0.6) is 0 Å².